The molecular formula is C24H23N5O2. The SMILES string of the molecule is O=C1CCCC(O)=C1C=N[C@@H]1[C@@H](c2ccccc2)Nc2ncnn2[C@@H]1c1ccccc1. The summed E-state index contributed by atoms with van der Waals surface area (Å²) in [7, 11) is 0. The molecule has 0 amide bonds. The molecule has 0 saturated heterocycles. The van der Waals surface area contributed by atoms with E-state index in [-0.39, 0.29) is 29.7 Å². The molecule has 0 bridgehead atoms. The van der Waals surface area contributed by atoms with Crippen LogP contribution in [0.3, 0.4) is 0 Å². The van der Waals surface area contributed by atoms with Gasteiger partial charge in [0.2, 0.25) is 5.95 Å². The number of fused-ring (bicyclic) bond motifs is 1. The van der Waals surface area contributed by atoms with Gasteiger partial charge in [-0.2, -0.15) is 10.1 Å². The minimum absolute atomic E-state index is 0.0646. The van der Waals surface area contributed by atoms with Crippen molar-refractivity contribution in [2.75, 3.05) is 5.32 Å². The van der Waals surface area contributed by atoms with Gasteiger partial charge < -0.3 is 10.4 Å². The second-order valence-corrected chi connectivity index (χ2v) is 7.82. The van der Waals surface area contributed by atoms with Gasteiger partial charge in [-0.1, -0.05) is 60.7 Å². The summed E-state index contributed by atoms with van der Waals surface area (Å²) < 4.78 is 1.84. The van der Waals surface area contributed by atoms with Crippen LogP contribution in [0, 0.1) is 0 Å². The summed E-state index contributed by atoms with van der Waals surface area (Å²) in [5.74, 6) is 0.730. The number of ketones is 1. The number of allylic oxidation sites excluding steroid dienone is 2. The Balaban J connectivity index is 1.63. The lowest BCUT2D eigenvalue weighted by atomic mass is 9.88. The fourth-order valence-corrected chi connectivity index (χ4v) is 4.36. The lowest BCUT2D eigenvalue weighted by molar-refractivity contribution is -0.115. The van der Waals surface area contributed by atoms with Crippen molar-refractivity contribution in [3.05, 3.63) is 89.5 Å². The first-order valence-corrected chi connectivity index (χ1v) is 10.5. The van der Waals surface area contributed by atoms with Gasteiger partial charge in [-0.15, -0.1) is 0 Å². The largest absolute Gasteiger partial charge is 0.512 e. The highest BCUT2D eigenvalue weighted by Gasteiger charge is 2.39. The van der Waals surface area contributed by atoms with Crippen molar-refractivity contribution in [3.8, 4) is 0 Å². The summed E-state index contributed by atoms with van der Waals surface area (Å²) in [5.41, 5.74) is 2.43. The molecule has 156 valence electrons. The lowest BCUT2D eigenvalue weighted by Gasteiger charge is -2.37. The summed E-state index contributed by atoms with van der Waals surface area (Å²) in [6.07, 6.45) is 4.70. The Morgan fingerprint density at radius 2 is 1.74 bits per heavy atom. The van der Waals surface area contributed by atoms with Gasteiger partial charge in [-0.3, -0.25) is 9.79 Å². The van der Waals surface area contributed by atoms with E-state index in [1.165, 1.54) is 6.33 Å². The molecule has 0 radical (unpaired) electrons. The molecule has 5 rings (SSSR count). The lowest BCUT2D eigenvalue weighted by Crippen LogP contribution is -2.40. The minimum atomic E-state index is -0.311. The van der Waals surface area contributed by atoms with Crippen LogP contribution in [-0.4, -0.2) is 37.9 Å². The van der Waals surface area contributed by atoms with Gasteiger partial charge >= 0.3 is 0 Å². The quantitative estimate of drug-likeness (QED) is 0.630. The van der Waals surface area contributed by atoms with Crippen LogP contribution < -0.4 is 5.32 Å². The molecule has 2 N–H and O–H groups in total. The number of nitrogens with zero attached hydrogens (tertiary/aromatic N) is 4. The van der Waals surface area contributed by atoms with E-state index >= 15 is 0 Å². The van der Waals surface area contributed by atoms with Gasteiger partial charge in [0.25, 0.3) is 0 Å². The molecule has 31 heavy (non-hydrogen) atoms. The van der Waals surface area contributed by atoms with E-state index in [0.29, 0.717) is 30.8 Å². The van der Waals surface area contributed by atoms with Crippen LogP contribution in [-0.2, 0) is 4.79 Å². The number of aliphatic imine (C=N–C) groups is 1. The van der Waals surface area contributed by atoms with E-state index < -0.39 is 0 Å². The van der Waals surface area contributed by atoms with Crippen LogP contribution in [0.5, 0.6) is 0 Å². The number of aliphatic hydroxyl groups is 1. The van der Waals surface area contributed by atoms with E-state index in [1.807, 2.05) is 41.1 Å². The molecule has 2 heterocycles. The molecule has 1 aromatic heterocycles. The Morgan fingerprint density at radius 3 is 2.45 bits per heavy atom. The molecule has 7 heteroatoms. The third-order valence-electron chi connectivity index (χ3n) is 5.89. The second-order valence-electron chi connectivity index (χ2n) is 7.82. The summed E-state index contributed by atoms with van der Waals surface area (Å²) in [4.78, 5) is 21.7. The number of benzene rings is 2. The van der Waals surface area contributed by atoms with Crippen LogP contribution in [0.2, 0.25) is 0 Å². The van der Waals surface area contributed by atoms with Gasteiger partial charge in [-0.05, 0) is 17.5 Å². The molecular weight excluding hydrogens is 390 g/mol. The number of carbonyl (C=O) groups excluding carboxylic acids is 1. The van der Waals surface area contributed by atoms with Gasteiger partial charge in [-0.25, -0.2) is 4.68 Å². The first-order chi connectivity index (χ1) is 15.2. The maximum atomic E-state index is 12.4. The first-order valence-electron chi connectivity index (χ1n) is 10.5. The fraction of sp³-hybridized carbons (Fsp3) is 0.250. The Morgan fingerprint density at radius 1 is 1.03 bits per heavy atom. The third kappa shape index (κ3) is 3.63. The van der Waals surface area contributed by atoms with Crippen molar-refractivity contribution in [2.45, 2.75) is 37.4 Å². The number of hydrogen-bond acceptors (Lipinski definition) is 6. The van der Waals surface area contributed by atoms with Crippen molar-refractivity contribution in [2.24, 2.45) is 4.99 Å². The van der Waals surface area contributed by atoms with E-state index in [1.54, 1.807) is 6.21 Å². The zero-order valence-electron chi connectivity index (χ0n) is 16.9. The Kier molecular flexibility index (Phi) is 5.08. The Labute approximate surface area is 180 Å². The molecule has 2 aliphatic rings. The number of nitrogens with one attached hydrogen (secondary N) is 1. The summed E-state index contributed by atoms with van der Waals surface area (Å²) >= 11 is 0. The van der Waals surface area contributed by atoms with E-state index in [4.69, 9.17) is 4.99 Å². The zero-order chi connectivity index (χ0) is 21.2. The summed E-state index contributed by atoms with van der Waals surface area (Å²) in [6.45, 7) is 0. The fourth-order valence-electron chi connectivity index (χ4n) is 4.36. The molecule has 0 spiro atoms. The molecule has 2 aromatic carbocycles. The first kappa shape index (κ1) is 19.2. The van der Waals surface area contributed by atoms with E-state index in [9.17, 15) is 9.90 Å². The summed E-state index contributed by atoms with van der Waals surface area (Å²) in [5, 5.41) is 18.2. The summed E-state index contributed by atoms with van der Waals surface area (Å²) in [6, 6.07) is 19.4. The number of aromatic nitrogens is 3. The normalized spacial score (nSPS) is 23.6. The highest BCUT2D eigenvalue weighted by Crippen LogP contribution is 2.39. The van der Waals surface area contributed by atoms with Crippen LogP contribution in [0.25, 0.3) is 0 Å². The van der Waals surface area contributed by atoms with Crippen molar-refractivity contribution in [1.29, 1.82) is 0 Å². The molecule has 7 nitrogen and oxygen atoms in total. The second kappa shape index (κ2) is 8.18. The maximum Gasteiger partial charge on any atom is 0.222 e. The highest BCUT2D eigenvalue weighted by molar-refractivity contribution is 6.14. The van der Waals surface area contributed by atoms with Crippen LogP contribution in [0.4, 0.5) is 5.95 Å². The van der Waals surface area contributed by atoms with Crippen LogP contribution in [0.15, 0.2) is 83.3 Å². The average Bonchev–Trinajstić information content (AvgIpc) is 3.27. The molecule has 1 aliphatic carbocycles. The zero-order valence-corrected chi connectivity index (χ0v) is 16.9. The van der Waals surface area contributed by atoms with Crippen molar-refractivity contribution < 1.29 is 9.90 Å². The molecule has 1 aliphatic heterocycles. The van der Waals surface area contributed by atoms with Crippen molar-refractivity contribution in [1.82, 2.24) is 14.8 Å². The van der Waals surface area contributed by atoms with Crippen LogP contribution >= 0.6 is 0 Å². The molecule has 0 unspecified atom stereocenters. The monoisotopic (exact) mass is 413 g/mol. The van der Waals surface area contributed by atoms with Crippen molar-refractivity contribution in [3.63, 3.8) is 0 Å². The smallest absolute Gasteiger partial charge is 0.222 e. The molecule has 3 aromatic rings. The highest BCUT2D eigenvalue weighted by atomic mass is 16.3. The predicted molar refractivity (Wildman–Crippen MR) is 118 cm³/mol. The average molecular weight is 413 g/mol. The van der Waals surface area contributed by atoms with Crippen molar-refractivity contribution >= 4 is 17.9 Å². The van der Waals surface area contributed by atoms with Gasteiger partial charge in [0.05, 0.1) is 11.6 Å². The topological polar surface area (TPSA) is 92.4 Å². The number of anilines is 1. The Bertz CT molecular complexity index is 1140. The molecule has 3 atom stereocenters. The number of aliphatic hydroxyl groups excluding tert-OH is 1. The standard InChI is InChI=1S/C24H23N5O2/c30-19-12-7-13-20(31)18(19)14-25-22-21(16-8-3-1-4-9-16)28-24-26-15-27-29(24)23(22)17-10-5-2-6-11-17/h1-6,8-11,14-15,21-23,30H,7,12-13H2,(H,26,27,28)/t21-,22-,23-/m1/s1. The van der Waals surface area contributed by atoms with E-state index in [0.717, 1.165) is 11.1 Å². The van der Waals surface area contributed by atoms with Crippen LogP contribution in [0.1, 0.15) is 42.5 Å². The number of carbonyl (C=O) groups is 1. The third-order valence-corrected chi connectivity index (χ3v) is 5.89. The number of rotatable bonds is 4. The molecule has 0 fully saturated rings. The van der Waals surface area contributed by atoms with E-state index in [2.05, 4.69) is 39.7 Å². The number of hydrogen-bond donors (Lipinski definition) is 2. The maximum absolute atomic E-state index is 12.4. The number of Topliss-reactive ketones (excluding diaryl/α,β-unsaturated/α-hetero) is 1. The molecule has 0 saturated carbocycles. The van der Waals surface area contributed by atoms with Gasteiger partial charge in [0, 0.05) is 19.1 Å². The van der Waals surface area contributed by atoms with Gasteiger partial charge in [0.1, 0.15) is 24.2 Å². The Hall–Kier alpha value is -3.74. The van der Waals surface area contributed by atoms with Gasteiger partial charge in [0.15, 0.2) is 5.78 Å². The minimum Gasteiger partial charge on any atom is -0.512 e. The predicted octanol–water partition coefficient (Wildman–Crippen LogP) is 4.04.